The highest BCUT2D eigenvalue weighted by Gasteiger charge is 2.18. The molecule has 0 heterocycles. The molecule has 0 spiro atoms. The number of unbranched alkanes of at least 4 members (excludes halogenated alkanes) is 1. The fraction of sp³-hybridized carbons (Fsp3) is 0.429. The Balaban J connectivity index is 2.36. The molecule has 0 bridgehead atoms. The predicted molar refractivity (Wildman–Crippen MR) is 74.4 cm³/mol. The summed E-state index contributed by atoms with van der Waals surface area (Å²) in [5.74, 6) is -0.550. The molecule has 1 aromatic rings. The highest BCUT2D eigenvalue weighted by molar-refractivity contribution is 5.84. The van der Waals surface area contributed by atoms with Crippen LogP contribution < -0.4 is 16.8 Å². The summed E-state index contributed by atoms with van der Waals surface area (Å²) in [6.07, 6.45) is 1.55. The van der Waals surface area contributed by atoms with Crippen molar-refractivity contribution < 1.29 is 20.1 Å². The summed E-state index contributed by atoms with van der Waals surface area (Å²) >= 11 is 0. The van der Waals surface area contributed by atoms with E-state index < -0.39 is 18.0 Å². The van der Waals surface area contributed by atoms with Gasteiger partial charge in [0.05, 0.1) is 6.54 Å². The molecule has 0 aliphatic heterocycles. The van der Waals surface area contributed by atoms with E-state index in [9.17, 15) is 9.59 Å². The second-order valence-electron chi connectivity index (χ2n) is 4.51. The summed E-state index contributed by atoms with van der Waals surface area (Å²) in [7, 11) is 0. The minimum absolute atomic E-state index is 0.164. The monoisotopic (exact) mass is 280 g/mol. The van der Waals surface area contributed by atoms with Gasteiger partial charge >= 0.3 is 6.09 Å². The molecule has 110 valence electrons. The van der Waals surface area contributed by atoms with Crippen LogP contribution in [0.3, 0.4) is 0 Å². The van der Waals surface area contributed by atoms with Crippen LogP contribution in [0.2, 0.25) is 0 Å². The van der Waals surface area contributed by atoms with Crippen LogP contribution in [0, 0.1) is 0 Å². The lowest BCUT2D eigenvalue weighted by atomic mass is 10.1. The molecule has 6 nitrogen and oxygen atoms in total. The number of hydrogen-bond donors (Lipinski definition) is 3. The number of carbonyl (C=O) groups excluding carboxylic acids is 2. The van der Waals surface area contributed by atoms with Crippen molar-refractivity contribution >= 4 is 12.0 Å². The average Bonchev–Trinajstić information content (AvgIpc) is 2.45. The van der Waals surface area contributed by atoms with Gasteiger partial charge in [0.2, 0.25) is 5.91 Å². The maximum atomic E-state index is 11.6. The van der Waals surface area contributed by atoms with Gasteiger partial charge in [-0.15, -0.1) is 0 Å². The molecule has 0 radical (unpaired) electrons. The van der Waals surface area contributed by atoms with E-state index in [0.717, 1.165) is 24.9 Å². The zero-order valence-corrected chi connectivity index (χ0v) is 11.5. The van der Waals surface area contributed by atoms with E-state index >= 15 is 0 Å². The van der Waals surface area contributed by atoms with E-state index in [1.165, 1.54) is 0 Å². The zero-order valence-electron chi connectivity index (χ0n) is 11.5. The number of amides is 2. The third-order valence-corrected chi connectivity index (χ3v) is 2.84. The van der Waals surface area contributed by atoms with Crippen LogP contribution in [-0.2, 0) is 16.1 Å². The summed E-state index contributed by atoms with van der Waals surface area (Å²) in [5.41, 5.74) is 9.86. The van der Waals surface area contributed by atoms with Gasteiger partial charge in [-0.2, -0.15) is 0 Å². The van der Waals surface area contributed by atoms with Crippen molar-refractivity contribution in [3.05, 3.63) is 35.9 Å². The van der Waals surface area contributed by atoms with E-state index in [2.05, 4.69) is 11.1 Å². The largest absolute Gasteiger partial charge is 0.445 e. The number of nitrogens with one attached hydrogen (secondary N) is 1. The summed E-state index contributed by atoms with van der Waals surface area (Å²) in [6, 6.07) is 8.63. The Kier molecular flexibility index (Phi) is 7.13. The molecule has 0 unspecified atom stereocenters. The molecule has 0 aliphatic carbocycles. The predicted octanol–water partition coefficient (Wildman–Crippen LogP) is 0.179. The highest BCUT2D eigenvalue weighted by atomic mass is 16.5. The molecule has 0 aromatic heterocycles. The van der Waals surface area contributed by atoms with Gasteiger partial charge < -0.3 is 21.5 Å². The number of rotatable bonds is 8. The van der Waals surface area contributed by atoms with Crippen LogP contribution in [0.25, 0.3) is 0 Å². The molecule has 20 heavy (non-hydrogen) atoms. The third kappa shape index (κ3) is 6.19. The smallest absolute Gasteiger partial charge is 0.408 e. The number of alkyl carbamates (subject to hydrolysis) is 1. The Morgan fingerprint density at radius 1 is 1.25 bits per heavy atom. The Morgan fingerprint density at radius 3 is 2.55 bits per heavy atom. The van der Waals surface area contributed by atoms with E-state index in [1.54, 1.807) is 0 Å². The number of quaternary nitrogens is 1. The fourth-order valence-corrected chi connectivity index (χ4v) is 1.72. The van der Waals surface area contributed by atoms with Crippen molar-refractivity contribution in [2.24, 2.45) is 5.73 Å². The van der Waals surface area contributed by atoms with Gasteiger partial charge in [-0.25, -0.2) is 4.79 Å². The molecule has 1 rings (SSSR count). The second kappa shape index (κ2) is 8.92. The molecule has 0 saturated carbocycles. The molecule has 1 atom stereocenters. The minimum Gasteiger partial charge on any atom is -0.445 e. The summed E-state index contributed by atoms with van der Waals surface area (Å²) in [5, 5.41) is 2.49. The highest BCUT2D eigenvalue weighted by Crippen LogP contribution is 2.03. The Labute approximate surface area is 118 Å². The zero-order chi connectivity index (χ0) is 14.8. The lowest BCUT2D eigenvalue weighted by Crippen LogP contribution is -2.50. The van der Waals surface area contributed by atoms with E-state index in [0.29, 0.717) is 6.42 Å². The van der Waals surface area contributed by atoms with Crippen LogP contribution in [0.15, 0.2) is 30.3 Å². The van der Waals surface area contributed by atoms with Crippen molar-refractivity contribution in [3.63, 3.8) is 0 Å². The third-order valence-electron chi connectivity index (χ3n) is 2.84. The average molecular weight is 280 g/mol. The first-order chi connectivity index (χ1) is 9.63. The molecule has 1 aromatic carbocycles. The molecule has 0 saturated heterocycles. The molecular formula is C14H22N3O3+. The summed E-state index contributed by atoms with van der Waals surface area (Å²) in [4.78, 5) is 22.9. The quantitative estimate of drug-likeness (QED) is 0.591. The van der Waals surface area contributed by atoms with Crippen molar-refractivity contribution in [1.82, 2.24) is 5.32 Å². The van der Waals surface area contributed by atoms with Crippen LogP contribution in [-0.4, -0.2) is 24.6 Å². The lowest BCUT2D eigenvalue weighted by Gasteiger charge is -2.15. The summed E-state index contributed by atoms with van der Waals surface area (Å²) < 4.78 is 5.04. The van der Waals surface area contributed by atoms with Gasteiger partial charge in [0.25, 0.3) is 0 Å². The first kappa shape index (κ1) is 16.0. The number of nitrogens with two attached hydrogens (primary N) is 1. The maximum Gasteiger partial charge on any atom is 0.408 e. The number of ether oxygens (including phenoxy) is 1. The van der Waals surface area contributed by atoms with E-state index in [4.69, 9.17) is 10.5 Å². The Hall–Kier alpha value is -2.08. The molecular weight excluding hydrogens is 258 g/mol. The number of primary amides is 1. The van der Waals surface area contributed by atoms with Crippen LogP contribution in [0.5, 0.6) is 0 Å². The summed E-state index contributed by atoms with van der Waals surface area (Å²) in [6.45, 7) is 0.959. The second-order valence-corrected chi connectivity index (χ2v) is 4.51. The van der Waals surface area contributed by atoms with Crippen LogP contribution in [0.1, 0.15) is 24.8 Å². The standard InChI is InChI=1S/C14H21N3O3/c15-9-5-4-8-12(13(16)18)17-14(19)20-10-11-6-2-1-3-7-11/h1-3,6-7,12H,4-5,8-10,15H2,(H2,16,18)(H,17,19)/p+1/t12-/m0/s1. The molecule has 0 aliphatic rings. The topological polar surface area (TPSA) is 109 Å². The van der Waals surface area contributed by atoms with Crippen LogP contribution in [0.4, 0.5) is 4.79 Å². The van der Waals surface area contributed by atoms with Gasteiger partial charge in [0.15, 0.2) is 0 Å². The number of carbonyl (C=O) groups is 2. The van der Waals surface area contributed by atoms with Gasteiger partial charge in [-0.05, 0) is 24.8 Å². The first-order valence-electron chi connectivity index (χ1n) is 6.69. The maximum absolute atomic E-state index is 11.6. The number of benzene rings is 1. The number of hydrogen-bond acceptors (Lipinski definition) is 3. The van der Waals surface area contributed by atoms with E-state index in [1.807, 2.05) is 30.3 Å². The Bertz CT molecular complexity index is 423. The van der Waals surface area contributed by atoms with Crippen LogP contribution >= 0.6 is 0 Å². The van der Waals surface area contributed by atoms with Crippen molar-refractivity contribution in [2.75, 3.05) is 6.54 Å². The van der Waals surface area contributed by atoms with Gasteiger partial charge in [0.1, 0.15) is 12.6 Å². The molecule has 0 fully saturated rings. The normalized spacial score (nSPS) is 11.7. The van der Waals surface area contributed by atoms with Gasteiger partial charge in [-0.3, -0.25) is 4.79 Å². The Morgan fingerprint density at radius 2 is 1.95 bits per heavy atom. The lowest BCUT2D eigenvalue weighted by molar-refractivity contribution is -0.368. The van der Waals surface area contributed by atoms with Gasteiger partial charge in [-0.1, -0.05) is 30.3 Å². The SMILES string of the molecule is NC(=O)[C@H](CCCC[NH3+])NC(=O)OCc1ccccc1. The van der Waals surface area contributed by atoms with Crippen molar-refractivity contribution in [3.8, 4) is 0 Å². The molecule has 6 N–H and O–H groups in total. The van der Waals surface area contributed by atoms with Crippen molar-refractivity contribution in [2.45, 2.75) is 31.9 Å². The van der Waals surface area contributed by atoms with E-state index in [-0.39, 0.29) is 6.61 Å². The van der Waals surface area contributed by atoms with Gasteiger partial charge in [0, 0.05) is 0 Å². The fourth-order valence-electron chi connectivity index (χ4n) is 1.72. The first-order valence-corrected chi connectivity index (χ1v) is 6.69. The molecule has 2 amide bonds. The minimum atomic E-state index is -0.690. The van der Waals surface area contributed by atoms with Crippen molar-refractivity contribution in [1.29, 1.82) is 0 Å². The molecule has 6 heteroatoms.